The van der Waals surface area contributed by atoms with Crippen molar-refractivity contribution in [1.82, 2.24) is 5.32 Å². The second-order valence-corrected chi connectivity index (χ2v) is 3.63. The van der Waals surface area contributed by atoms with Crippen LogP contribution in [0.25, 0.3) is 0 Å². The number of nitrogens with one attached hydrogen (secondary N) is 2. The maximum absolute atomic E-state index is 11.8. The van der Waals surface area contributed by atoms with E-state index in [1.54, 1.807) is 0 Å². The number of rotatable bonds is 4. The Labute approximate surface area is 106 Å². The van der Waals surface area contributed by atoms with Gasteiger partial charge in [0, 0.05) is 5.69 Å². The summed E-state index contributed by atoms with van der Waals surface area (Å²) in [5, 5.41) is 12.8. The predicted molar refractivity (Wildman–Crippen MR) is 61.4 cm³/mol. The summed E-state index contributed by atoms with van der Waals surface area (Å²) in [6.07, 6.45) is -2.64. The van der Waals surface area contributed by atoms with Crippen molar-refractivity contribution in [3.8, 4) is 0 Å². The van der Waals surface area contributed by atoms with Crippen LogP contribution in [0.15, 0.2) is 18.2 Å². The molecule has 8 heteroatoms. The number of hydrogen-bond donors (Lipinski definition) is 3. The van der Waals surface area contributed by atoms with Crippen molar-refractivity contribution in [2.45, 2.75) is 6.43 Å². The molecule has 18 heavy (non-hydrogen) atoms. The van der Waals surface area contributed by atoms with Gasteiger partial charge in [0.05, 0.1) is 17.1 Å². The monoisotopic (exact) mass is 278 g/mol. The van der Waals surface area contributed by atoms with E-state index in [1.165, 1.54) is 18.2 Å². The molecule has 0 saturated carbocycles. The van der Waals surface area contributed by atoms with Gasteiger partial charge in [-0.3, -0.25) is 0 Å². The quantitative estimate of drug-likeness (QED) is 0.791. The molecule has 3 N–H and O–H groups in total. The molecule has 0 aliphatic rings. The lowest BCUT2D eigenvalue weighted by atomic mass is 10.2. The Morgan fingerprint density at radius 2 is 2.06 bits per heavy atom. The molecule has 0 aliphatic carbocycles. The van der Waals surface area contributed by atoms with Crippen molar-refractivity contribution in [3.05, 3.63) is 28.8 Å². The summed E-state index contributed by atoms with van der Waals surface area (Å²) in [6.45, 7) is -0.771. The highest BCUT2D eigenvalue weighted by Gasteiger charge is 2.10. The van der Waals surface area contributed by atoms with Gasteiger partial charge in [-0.05, 0) is 18.2 Å². The van der Waals surface area contributed by atoms with Crippen LogP contribution in [0.5, 0.6) is 0 Å². The molecule has 0 atom stereocenters. The molecule has 0 aromatic heterocycles. The Morgan fingerprint density at radius 1 is 1.39 bits per heavy atom. The van der Waals surface area contributed by atoms with Crippen LogP contribution in [0.2, 0.25) is 5.02 Å². The van der Waals surface area contributed by atoms with E-state index in [9.17, 15) is 18.4 Å². The summed E-state index contributed by atoms with van der Waals surface area (Å²) in [5.74, 6) is -1.20. The minimum atomic E-state index is -2.64. The Kier molecular flexibility index (Phi) is 4.85. The summed E-state index contributed by atoms with van der Waals surface area (Å²) >= 11 is 5.66. The van der Waals surface area contributed by atoms with E-state index in [-0.39, 0.29) is 16.3 Å². The predicted octanol–water partition coefficient (Wildman–Crippen LogP) is 2.42. The van der Waals surface area contributed by atoms with Gasteiger partial charge in [0.15, 0.2) is 0 Å². The van der Waals surface area contributed by atoms with Gasteiger partial charge < -0.3 is 15.7 Å². The minimum Gasteiger partial charge on any atom is -0.478 e. The number of hydrogen-bond acceptors (Lipinski definition) is 2. The van der Waals surface area contributed by atoms with Crippen molar-refractivity contribution in [3.63, 3.8) is 0 Å². The summed E-state index contributed by atoms with van der Waals surface area (Å²) in [4.78, 5) is 21.8. The smallest absolute Gasteiger partial charge is 0.337 e. The molecule has 98 valence electrons. The topological polar surface area (TPSA) is 78.4 Å². The van der Waals surface area contributed by atoms with E-state index in [4.69, 9.17) is 16.7 Å². The van der Waals surface area contributed by atoms with E-state index < -0.39 is 25.0 Å². The molecule has 1 aromatic rings. The number of halogens is 3. The van der Waals surface area contributed by atoms with Crippen molar-refractivity contribution in [2.75, 3.05) is 11.9 Å². The van der Waals surface area contributed by atoms with Crippen LogP contribution in [0.3, 0.4) is 0 Å². The van der Waals surface area contributed by atoms with E-state index >= 15 is 0 Å². The van der Waals surface area contributed by atoms with Crippen LogP contribution >= 0.6 is 11.6 Å². The zero-order chi connectivity index (χ0) is 13.7. The number of carboxylic acid groups (broad SMARTS) is 1. The Hall–Kier alpha value is -1.89. The van der Waals surface area contributed by atoms with Gasteiger partial charge in [0.25, 0.3) is 6.43 Å². The third-order valence-corrected chi connectivity index (χ3v) is 2.19. The highest BCUT2D eigenvalue weighted by Crippen LogP contribution is 2.20. The van der Waals surface area contributed by atoms with Crippen LogP contribution in [0.4, 0.5) is 19.3 Å². The first kappa shape index (κ1) is 14.2. The fourth-order valence-corrected chi connectivity index (χ4v) is 1.37. The fraction of sp³-hybridized carbons (Fsp3) is 0.200. The summed E-state index contributed by atoms with van der Waals surface area (Å²) < 4.78 is 23.6. The number of benzene rings is 1. The first-order chi connectivity index (χ1) is 8.40. The van der Waals surface area contributed by atoms with E-state index in [1.807, 2.05) is 5.32 Å². The molecule has 5 nitrogen and oxygen atoms in total. The van der Waals surface area contributed by atoms with E-state index in [0.717, 1.165) is 0 Å². The number of aromatic carboxylic acids is 1. The molecular weight excluding hydrogens is 270 g/mol. The number of anilines is 1. The van der Waals surface area contributed by atoms with E-state index in [0.29, 0.717) is 0 Å². The SMILES string of the molecule is O=C(NCC(F)F)Nc1ccc(C(=O)O)c(Cl)c1. The second kappa shape index (κ2) is 6.15. The molecule has 0 unspecified atom stereocenters. The molecule has 2 amide bonds. The summed E-state index contributed by atoms with van der Waals surface area (Å²) in [7, 11) is 0. The highest BCUT2D eigenvalue weighted by atomic mass is 35.5. The summed E-state index contributed by atoms with van der Waals surface area (Å²) in [6, 6.07) is 2.90. The van der Waals surface area contributed by atoms with Gasteiger partial charge in [0.1, 0.15) is 0 Å². The maximum Gasteiger partial charge on any atom is 0.337 e. The average molecular weight is 279 g/mol. The van der Waals surface area contributed by atoms with Crippen molar-refractivity contribution in [1.29, 1.82) is 0 Å². The van der Waals surface area contributed by atoms with Crippen molar-refractivity contribution >= 4 is 29.3 Å². The lowest BCUT2D eigenvalue weighted by Gasteiger charge is -2.08. The Balaban J connectivity index is 2.66. The molecule has 0 spiro atoms. The molecular formula is C10H9ClF2N2O3. The number of carbonyl (C=O) groups is 2. The summed E-state index contributed by atoms with van der Waals surface area (Å²) in [5.41, 5.74) is 0.0898. The van der Waals surface area contributed by atoms with Crippen molar-refractivity contribution < 1.29 is 23.5 Å². The third kappa shape index (κ3) is 4.17. The van der Waals surface area contributed by atoms with Gasteiger partial charge in [-0.15, -0.1) is 0 Å². The second-order valence-electron chi connectivity index (χ2n) is 3.23. The van der Waals surface area contributed by atoms with Gasteiger partial charge in [-0.1, -0.05) is 11.6 Å². The lowest BCUT2D eigenvalue weighted by Crippen LogP contribution is -2.32. The molecule has 1 rings (SSSR count). The molecule has 0 radical (unpaired) electrons. The van der Waals surface area contributed by atoms with Gasteiger partial charge in [-0.25, -0.2) is 18.4 Å². The van der Waals surface area contributed by atoms with Crippen LogP contribution < -0.4 is 10.6 Å². The first-order valence-electron chi connectivity index (χ1n) is 4.76. The standard InChI is InChI=1S/C10H9ClF2N2O3/c11-7-3-5(1-2-6(7)9(16)17)15-10(18)14-4-8(12)13/h1-3,8H,4H2,(H,16,17)(H2,14,15,18). The first-order valence-corrected chi connectivity index (χ1v) is 5.14. The highest BCUT2D eigenvalue weighted by molar-refractivity contribution is 6.33. The van der Waals surface area contributed by atoms with E-state index in [2.05, 4.69) is 5.32 Å². The molecule has 0 bridgehead atoms. The van der Waals surface area contributed by atoms with Crippen molar-refractivity contribution in [2.24, 2.45) is 0 Å². The van der Waals surface area contributed by atoms with Crippen LogP contribution in [-0.4, -0.2) is 30.1 Å². The normalized spacial score (nSPS) is 10.2. The Morgan fingerprint density at radius 3 is 2.56 bits per heavy atom. The molecule has 0 aliphatic heterocycles. The van der Waals surface area contributed by atoms with Gasteiger partial charge >= 0.3 is 12.0 Å². The largest absolute Gasteiger partial charge is 0.478 e. The fourth-order valence-electron chi connectivity index (χ4n) is 1.11. The van der Waals surface area contributed by atoms with Crippen LogP contribution in [0.1, 0.15) is 10.4 Å². The number of alkyl halides is 2. The number of carboxylic acids is 1. The Bertz CT molecular complexity index is 468. The number of carbonyl (C=O) groups excluding carboxylic acids is 1. The molecule has 0 saturated heterocycles. The average Bonchev–Trinajstić information content (AvgIpc) is 2.26. The third-order valence-electron chi connectivity index (χ3n) is 1.87. The maximum atomic E-state index is 11.8. The number of amides is 2. The van der Waals surface area contributed by atoms with Crippen LogP contribution in [-0.2, 0) is 0 Å². The molecule has 1 aromatic carbocycles. The number of urea groups is 1. The molecule has 0 heterocycles. The zero-order valence-electron chi connectivity index (χ0n) is 8.91. The van der Waals surface area contributed by atoms with Gasteiger partial charge in [0.2, 0.25) is 0 Å². The van der Waals surface area contributed by atoms with Gasteiger partial charge in [-0.2, -0.15) is 0 Å². The lowest BCUT2D eigenvalue weighted by molar-refractivity contribution is 0.0697. The molecule has 0 fully saturated rings. The van der Waals surface area contributed by atoms with Crippen LogP contribution in [0, 0.1) is 0 Å². The zero-order valence-corrected chi connectivity index (χ0v) is 9.67. The minimum absolute atomic E-state index is 0.0610.